The Hall–Kier alpha value is -1.42. The van der Waals surface area contributed by atoms with Crippen molar-refractivity contribution in [3.05, 3.63) is 35.6 Å². The third kappa shape index (κ3) is 2.38. The van der Waals surface area contributed by atoms with E-state index in [1.807, 2.05) is 0 Å². The fourth-order valence-corrected chi connectivity index (χ4v) is 2.40. The smallest absolute Gasteiger partial charge is 0.317 e. The van der Waals surface area contributed by atoms with Crippen LogP contribution in [0, 0.1) is 11.7 Å². The Bertz CT molecular complexity index is 445. The zero-order valence-electron chi connectivity index (χ0n) is 10.5. The second-order valence-electron chi connectivity index (χ2n) is 4.94. The van der Waals surface area contributed by atoms with Gasteiger partial charge in [0, 0.05) is 6.54 Å². The molecule has 1 atom stereocenters. The zero-order valence-corrected chi connectivity index (χ0v) is 10.5. The first-order chi connectivity index (χ1) is 8.62. The Morgan fingerprint density at radius 1 is 1.56 bits per heavy atom. The van der Waals surface area contributed by atoms with Crippen LogP contribution in [0.25, 0.3) is 0 Å². The number of carbonyl (C=O) groups excluding carboxylic acids is 1. The summed E-state index contributed by atoms with van der Waals surface area (Å²) >= 11 is 0. The highest BCUT2D eigenvalue weighted by Crippen LogP contribution is 2.42. The van der Waals surface area contributed by atoms with Crippen molar-refractivity contribution >= 4 is 5.97 Å². The summed E-state index contributed by atoms with van der Waals surface area (Å²) in [6.07, 6.45) is 2.85. The Labute approximate surface area is 106 Å². The average Bonchev–Trinajstić information content (AvgIpc) is 3.19. The van der Waals surface area contributed by atoms with E-state index in [-0.39, 0.29) is 18.3 Å². The monoisotopic (exact) mass is 251 g/mol. The van der Waals surface area contributed by atoms with E-state index < -0.39 is 5.41 Å². The van der Waals surface area contributed by atoms with Crippen molar-refractivity contribution in [2.75, 3.05) is 13.7 Å². The molecule has 0 heterocycles. The van der Waals surface area contributed by atoms with Crippen molar-refractivity contribution in [2.24, 2.45) is 11.7 Å². The van der Waals surface area contributed by atoms with Crippen molar-refractivity contribution in [1.29, 1.82) is 0 Å². The molecule has 18 heavy (non-hydrogen) atoms. The number of rotatable bonds is 5. The van der Waals surface area contributed by atoms with E-state index >= 15 is 0 Å². The molecule has 3 nitrogen and oxygen atoms in total. The van der Waals surface area contributed by atoms with Crippen LogP contribution in [0.3, 0.4) is 0 Å². The molecule has 0 bridgehead atoms. The van der Waals surface area contributed by atoms with E-state index in [1.165, 1.54) is 19.2 Å². The molecule has 1 unspecified atom stereocenters. The van der Waals surface area contributed by atoms with Crippen LogP contribution < -0.4 is 5.73 Å². The number of carbonyl (C=O) groups is 1. The number of hydrogen-bond acceptors (Lipinski definition) is 3. The van der Waals surface area contributed by atoms with E-state index in [0.717, 1.165) is 12.8 Å². The van der Waals surface area contributed by atoms with Gasteiger partial charge in [0.15, 0.2) is 0 Å². The van der Waals surface area contributed by atoms with E-state index in [4.69, 9.17) is 10.5 Å². The lowest BCUT2D eigenvalue weighted by Gasteiger charge is -2.30. The SMILES string of the molecule is COC(=O)C(CN)(CC1CC1)c1cccc(F)c1. The van der Waals surface area contributed by atoms with Gasteiger partial charge in [-0.2, -0.15) is 0 Å². The Kier molecular flexibility index (Phi) is 3.66. The third-order valence-electron chi connectivity index (χ3n) is 3.64. The van der Waals surface area contributed by atoms with Crippen molar-refractivity contribution in [3.63, 3.8) is 0 Å². The van der Waals surface area contributed by atoms with E-state index in [2.05, 4.69) is 0 Å². The number of halogens is 1. The topological polar surface area (TPSA) is 52.3 Å². The molecular weight excluding hydrogens is 233 g/mol. The summed E-state index contributed by atoms with van der Waals surface area (Å²) in [5.41, 5.74) is 5.53. The molecule has 0 radical (unpaired) electrons. The molecule has 0 saturated heterocycles. The highest BCUT2D eigenvalue weighted by molar-refractivity contribution is 5.83. The quantitative estimate of drug-likeness (QED) is 0.814. The van der Waals surface area contributed by atoms with Gasteiger partial charge < -0.3 is 10.5 Å². The molecule has 0 aliphatic heterocycles. The molecule has 98 valence electrons. The Morgan fingerprint density at radius 2 is 2.28 bits per heavy atom. The Morgan fingerprint density at radius 3 is 2.78 bits per heavy atom. The summed E-state index contributed by atoms with van der Waals surface area (Å²) in [6.45, 7) is 0.139. The van der Waals surface area contributed by atoms with Crippen LogP contribution in [0.2, 0.25) is 0 Å². The van der Waals surface area contributed by atoms with Gasteiger partial charge in [-0.05, 0) is 30.0 Å². The van der Waals surface area contributed by atoms with Gasteiger partial charge in [-0.3, -0.25) is 4.79 Å². The number of hydrogen-bond donors (Lipinski definition) is 1. The number of ether oxygens (including phenoxy) is 1. The predicted octanol–water partition coefficient (Wildman–Crippen LogP) is 2.00. The van der Waals surface area contributed by atoms with Crippen LogP contribution in [0.15, 0.2) is 24.3 Å². The molecule has 1 aliphatic rings. The minimum absolute atomic E-state index is 0.139. The van der Waals surface area contributed by atoms with Gasteiger partial charge in [0.2, 0.25) is 0 Å². The van der Waals surface area contributed by atoms with Gasteiger partial charge in [0.25, 0.3) is 0 Å². The number of nitrogens with two attached hydrogens (primary N) is 1. The number of benzene rings is 1. The summed E-state index contributed by atoms with van der Waals surface area (Å²) in [6, 6.07) is 6.09. The lowest BCUT2D eigenvalue weighted by atomic mass is 9.76. The first-order valence-electron chi connectivity index (χ1n) is 6.17. The highest BCUT2D eigenvalue weighted by atomic mass is 19.1. The molecule has 0 spiro atoms. The van der Waals surface area contributed by atoms with Crippen molar-refractivity contribution in [2.45, 2.75) is 24.7 Å². The average molecular weight is 251 g/mol. The molecule has 2 rings (SSSR count). The summed E-state index contributed by atoms with van der Waals surface area (Å²) < 4.78 is 18.2. The molecule has 1 saturated carbocycles. The fraction of sp³-hybridized carbons (Fsp3) is 0.500. The van der Waals surface area contributed by atoms with Gasteiger partial charge in [0.05, 0.1) is 7.11 Å². The van der Waals surface area contributed by atoms with Crippen LogP contribution in [0.1, 0.15) is 24.8 Å². The molecule has 2 N–H and O–H groups in total. The van der Waals surface area contributed by atoms with Crippen LogP contribution in [-0.2, 0) is 14.9 Å². The first kappa shape index (κ1) is 13.0. The predicted molar refractivity (Wildman–Crippen MR) is 66.5 cm³/mol. The minimum Gasteiger partial charge on any atom is -0.468 e. The molecular formula is C14H18FNO2. The van der Waals surface area contributed by atoms with Crippen molar-refractivity contribution in [3.8, 4) is 0 Å². The van der Waals surface area contributed by atoms with Crippen LogP contribution in [-0.4, -0.2) is 19.6 Å². The van der Waals surface area contributed by atoms with Gasteiger partial charge in [0.1, 0.15) is 11.2 Å². The maximum Gasteiger partial charge on any atom is 0.317 e. The largest absolute Gasteiger partial charge is 0.468 e. The molecule has 1 fully saturated rings. The van der Waals surface area contributed by atoms with Gasteiger partial charge >= 0.3 is 5.97 Å². The van der Waals surface area contributed by atoms with E-state index in [1.54, 1.807) is 12.1 Å². The van der Waals surface area contributed by atoms with E-state index in [9.17, 15) is 9.18 Å². The van der Waals surface area contributed by atoms with Crippen LogP contribution in [0.4, 0.5) is 4.39 Å². The summed E-state index contributed by atoms with van der Waals surface area (Å²) in [4.78, 5) is 12.1. The molecule has 1 aromatic carbocycles. The maximum absolute atomic E-state index is 13.4. The van der Waals surface area contributed by atoms with Gasteiger partial charge in [-0.25, -0.2) is 4.39 Å². The summed E-state index contributed by atoms with van der Waals surface area (Å²) in [5.74, 6) is -0.233. The lowest BCUT2D eigenvalue weighted by Crippen LogP contribution is -2.44. The molecule has 1 aromatic rings. The van der Waals surface area contributed by atoms with Gasteiger partial charge in [-0.15, -0.1) is 0 Å². The highest BCUT2D eigenvalue weighted by Gasteiger charge is 2.44. The third-order valence-corrected chi connectivity index (χ3v) is 3.64. The van der Waals surface area contributed by atoms with Crippen LogP contribution >= 0.6 is 0 Å². The Balaban J connectivity index is 2.41. The fourth-order valence-electron chi connectivity index (χ4n) is 2.40. The van der Waals surface area contributed by atoms with E-state index in [0.29, 0.717) is 17.9 Å². The van der Waals surface area contributed by atoms with Gasteiger partial charge in [-0.1, -0.05) is 25.0 Å². The molecule has 0 aromatic heterocycles. The molecule has 0 amide bonds. The number of methoxy groups -OCH3 is 1. The molecule has 1 aliphatic carbocycles. The van der Waals surface area contributed by atoms with Crippen molar-refractivity contribution < 1.29 is 13.9 Å². The second kappa shape index (κ2) is 5.06. The first-order valence-corrected chi connectivity index (χ1v) is 6.17. The zero-order chi connectivity index (χ0) is 13.2. The summed E-state index contributed by atoms with van der Waals surface area (Å²) in [7, 11) is 1.35. The second-order valence-corrected chi connectivity index (χ2v) is 4.94. The van der Waals surface area contributed by atoms with Crippen LogP contribution in [0.5, 0.6) is 0 Å². The molecule has 4 heteroatoms. The summed E-state index contributed by atoms with van der Waals surface area (Å²) in [5, 5.41) is 0. The normalized spacial score (nSPS) is 18.2. The maximum atomic E-state index is 13.4. The number of esters is 1. The lowest BCUT2D eigenvalue weighted by molar-refractivity contribution is -0.147. The minimum atomic E-state index is -0.905. The van der Waals surface area contributed by atoms with Crippen molar-refractivity contribution in [1.82, 2.24) is 0 Å². The standard InChI is InChI=1S/C14H18FNO2/c1-18-13(17)14(9-16,8-10-5-6-10)11-3-2-4-12(15)7-11/h2-4,7,10H,5-6,8-9,16H2,1H3.